The second-order valence-corrected chi connectivity index (χ2v) is 11.5. The van der Waals surface area contributed by atoms with Crippen LogP contribution in [0.5, 0.6) is 11.5 Å². The number of nitriles is 1. The number of hydrogen-bond acceptors (Lipinski definition) is 12. The van der Waals surface area contributed by atoms with E-state index in [0.717, 1.165) is 50.5 Å². The van der Waals surface area contributed by atoms with Crippen molar-refractivity contribution in [3.8, 4) is 28.7 Å². The van der Waals surface area contributed by atoms with E-state index >= 15 is 0 Å². The monoisotopic (exact) mass is 610 g/mol. The van der Waals surface area contributed by atoms with Gasteiger partial charge in [0.1, 0.15) is 30.0 Å². The molecule has 14 heteroatoms. The van der Waals surface area contributed by atoms with Crippen molar-refractivity contribution in [1.82, 2.24) is 40.0 Å². The quantitative estimate of drug-likeness (QED) is 0.251. The molecule has 4 aromatic rings. The van der Waals surface area contributed by atoms with E-state index in [1.54, 1.807) is 61.6 Å². The van der Waals surface area contributed by atoms with Crippen LogP contribution in [-0.2, 0) is 11.3 Å². The van der Waals surface area contributed by atoms with Gasteiger partial charge in [-0.05, 0) is 53.2 Å². The highest BCUT2D eigenvalue weighted by Crippen LogP contribution is 2.40. The Kier molecular flexibility index (Phi) is 8.54. The van der Waals surface area contributed by atoms with Crippen molar-refractivity contribution in [2.75, 3.05) is 58.9 Å². The van der Waals surface area contributed by atoms with Crippen LogP contribution in [0.25, 0.3) is 11.1 Å². The van der Waals surface area contributed by atoms with Crippen molar-refractivity contribution in [1.29, 1.82) is 5.26 Å². The van der Waals surface area contributed by atoms with Gasteiger partial charge in [-0.25, -0.2) is 14.6 Å². The number of aromatic nitrogens is 6. The lowest BCUT2D eigenvalue weighted by molar-refractivity contribution is -0.102. The first-order valence-corrected chi connectivity index (χ1v) is 14.6. The summed E-state index contributed by atoms with van der Waals surface area (Å²) in [5, 5.41) is 23.9. The molecule has 6 rings (SSSR count). The largest absolute Gasteiger partial charge is 0.495 e. The first-order valence-electron chi connectivity index (χ1n) is 14.6. The van der Waals surface area contributed by atoms with Crippen LogP contribution in [-0.4, -0.2) is 106 Å². The lowest BCUT2D eigenvalue weighted by Gasteiger charge is -2.60. The molecule has 2 aromatic carbocycles. The molecule has 2 aliphatic rings. The predicted octanol–water partition coefficient (Wildman–Crippen LogP) is 2.63. The molecule has 1 N–H and O–H groups in total. The third-order valence-corrected chi connectivity index (χ3v) is 8.02. The minimum absolute atomic E-state index is 0.00279. The summed E-state index contributed by atoms with van der Waals surface area (Å²) < 4.78 is 18.4. The van der Waals surface area contributed by atoms with Crippen LogP contribution in [0.4, 0.5) is 11.6 Å². The molecule has 2 aromatic heterocycles. The van der Waals surface area contributed by atoms with Gasteiger partial charge in [0.15, 0.2) is 0 Å². The molecule has 2 aliphatic heterocycles. The zero-order valence-corrected chi connectivity index (χ0v) is 25.4. The summed E-state index contributed by atoms with van der Waals surface area (Å²) in [4.78, 5) is 26.4. The predicted molar refractivity (Wildman–Crippen MR) is 163 cm³/mol. The molecule has 0 aliphatic carbocycles. The summed E-state index contributed by atoms with van der Waals surface area (Å²) in [6, 6.07) is 12.8. The number of tetrazole rings is 1. The van der Waals surface area contributed by atoms with E-state index in [1.807, 2.05) is 17.9 Å². The molecule has 0 bridgehead atoms. The van der Waals surface area contributed by atoms with Gasteiger partial charge >= 0.3 is 0 Å². The number of nitrogens with one attached hydrogen (secondary N) is 1. The van der Waals surface area contributed by atoms with Crippen LogP contribution >= 0.6 is 0 Å². The van der Waals surface area contributed by atoms with Gasteiger partial charge in [-0.1, -0.05) is 6.07 Å². The molecular formula is C31H34N10O4. The Morgan fingerprint density at radius 2 is 1.87 bits per heavy atom. The summed E-state index contributed by atoms with van der Waals surface area (Å²) in [5.74, 6) is 1.33. The molecule has 0 unspecified atom stereocenters. The minimum Gasteiger partial charge on any atom is -0.495 e. The Balaban J connectivity index is 1.08. The zero-order valence-electron chi connectivity index (χ0n) is 25.4. The summed E-state index contributed by atoms with van der Waals surface area (Å²) in [5.41, 5.74) is 3.39. The molecule has 2 saturated heterocycles. The van der Waals surface area contributed by atoms with E-state index in [0.29, 0.717) is 40.8 Å². The maximum Gasteiger partial charge on any atom is 0.254 e. The van der Waals surface area contributed by atoms with Gasteiger partial charge in [0.2, 0.25) is 5.95 Å². The molecule has 1 spiro atoms. The minimum atomic E-state index is -0.280. The van der Waals surface area contributed by atoms with Gasteiger partial charge in [-0.15, -0.1) is 5.10 Å². The van der Waals surface area contributed by atoms with Crippen LogP contribution in [0.3, 0.4) is 0 Å². The molecule has 0 radical (unpaired) electrons. The van der Waals surface area contributed by atoms with Crippen molar-refractivity contribution < 1.29 is 19.0 Å². The molecule has 4 heterocycles. The molecule has 232 valence electrons. The fourth-order valence-corrected chi connectivity index (χ4v) is 5.83. The van der Waals surface area contributed by atoms with E-state index in [2.05, 4.69) is 41.8 Å². The fraction of sp³-hybridized carbons (Fsp3) is 0.387. The lowest BCUT2D eigenvalue weighted by Crippen LogP contribution is -2.73. The SMILES string of the molecule is COCCN1CC2(C1)CN(C(=O)c1ccc(Nc3ncc(-c4ccc(C#N)c(O[C@@H](C)Cn5cnnn5)c4)cn3)c(OC)c1)C2. The summed E-state index contributed by atoms with van der Waals surface area (Å²) >= 11 is 0. The van der Waals surface area contributed by atoms with Gasteiger partial charge in [0.25, 0.3) is 5.91 Å². The van der Waals surface area contributed by atoms with Crippen molar-refractivity contribution in [2.45, 2.75) is 19.6 Å². The molecule has 2 fully saturated rings. The fourth-order valence-electron chi connectivity index (χ4n) is 5.83. The number of nitrogens with zero attached hydrogens (tertiary/aromatic N) is 9. The molecule has 1 atom stereocenters. The van der Waals surface area contributed by atoms with E-state index < -0.39 is 0 Å². The number of ether oxygens (including phenoxy) is 3. The number of anilines is 2. The highest BCUT2D eigenvalue weighted by molar-refractivity contribution is 5.96. The third kappa shape index (κ3) is 6.54. The number of methoxy groups -OCH3 is 2. The highest BCUT2D eigenvalue weighted by atomic mass is 16.5. The first kappa shape index (κ1) is 29.9. The maximum absolute atomic E-state index is 13.2. The topological polar surface area (TPSA) is 156 Å². The van der Waals surface area contributed by atoms with Gasteiger partial charge in [0, 0.05) is 68.8 Å². The number of hydrogen-bond donors (Lipinski definition) is 1. The van der Waals surface area contributed by atoms with E-state index in [9.17, 15) is 10.1 Å². The van der Waals surface area contributed by atoms with Crippen molar-refractivity contribution >= 4 is 17.5 Å². The van der Waals surface area contributed by atoms with Gasteiger partial charge in [-0.2, -0.15) is 5.26 Å². The molecule has 1 amide bonds. The smallest absolute Gasteiger partial charge is 0.254 e. The lowest BCUT2D eigenvalue weighted by atomic mass is 9.72. The van der Waals surface area contributed by atoms with Crippen molar-refractivity contribution in [2.24, 2.45) is 5.41 Å². The van der Waals surface area contributed by atoms with Crippen LogP contribution < -0.4 is 14.8 Å². The average molecular weight is 611 g/mol. The van der Waals surface area contributed by atoms with Crippen molar-refractivity contribution in [3.63, 3.8) is 0 Å². The second-order valence-electron chi connectivity index (χ2n) is 11.5. The maximum atomic E-state index is 13.2. The van der Waals surface area contributed by atoms with Gasteiger partial charge in [-0.3, -0.25) is 9.69 Å². The van der Waals surface area contributed by atoms with Gasteiger partial charge in [0.05, 0.1) is 31.5 Å². The number of benzene rings is 2. The Bertz CT molecular complexity index is 1680. The molecular weight excluding hydrogens is 576 g/mol. The summed E-state index contributed by atoms with van der Waals surface area (Å²) in [6.07, 6.45) is 4.60. The standard InChI is InChI=1S/C31H34N10O4/c1-21(15-41-20-35-37-38-41)45-27-10-22(4-5-24(27)12-32)25-13-33-30(34-14-25)36-26-7-6-23(11-28(26)44-3)29(42)40-18-31(19-40)16-39(17-31)8-9-43-2/h4-7,10-11,13-14,20-21H,8-9,15-19H2,1-3H3,(H,33,34,36)/t21-/m0/s1. The van der Waals surface area contributed by atoms with Gasteiger partial charge < -0.3 is 24.4 Å². The second kappa shape index (κ2) is 12.8. The van der Waals surface area contributed by atoms with Crippen LogP contribution in [0.1, 0.15) is 22.8 Å². The van der Waals surface area contributed by atoms with E-state index in [1.165, 1.54) is 6.33 Å². The van der Waals surface area contributed by atoms with Crippen LogP contribution in [0.2, 0.25) is 0 Å². The van der Waals surface area contributed by atoms with Crippen molar-refractivity contribution in [3.05, 3.63) is 66.2 Å². The Morgan fingerprint density at radius 3 is 2.56 bits per heavy atom. The normalized spacial score (nSPS) is 15.9. The molecule has 0 saturated carbocycles. The summed E-state index contributed by atoms with van der Waals surface area (Å²) in [7, 11) is 3.28. The molecule has 14 nitrogen and oxygen atoms in total. The van der Waals surface area contributed by atoms with Crippen LogP contribution in [0, 0.1) is 16.7 Å². The number of likely N-dealkylation sites (tertiary alicyclic amines) is 2. The zero-order chi connectivity index (χ0) is 31.4. The first-order chi connectivity index (χ1) is 21.9. The number of rotatable bonds is 12. The number of carbonyl (C=O) groups excluding carboxylic acids is 1. The van der Waals surface area contributed by atoms with Crippen LogP contribution in [0.15, 0.2) is 55.1 Å². The average Bonchev–Trinajstić information content (AvgIpc) is 3.52. The Hall–Kier alpha value is -5.13. The molecule has 45 heavy (non-hydrogen) atoms. The van der Waals surface area contributed by atoms with E-state index in [-0.39, 0.29) is 17.4 Å². The van der Waals surface area contributed by atoms with E-state index in [4.69, 9.17) is 14.2 Å². The Labute approximate surface area is 260 Å². The number of carbonyl (C=O) groups is 1. The Morgan fingerprint density at radius 1 is 1.07 bits per heavy atom. The third-order valence-electron chi connectivity index (χ3n) is 8.02. The summed E-state index contributed by atoms with van der Waals surface area (Å²) in [6.45, 7) is 7.52. The number of amides is 1. The highest BCUT2D eigenvalue weighted by Gasteiger charge is 2.52.